The maximum absolute atomic E-state index is 6.07. The lowest BCUT2D eigenvalue weighted by atomic mass is 9.76. The molecule has 1 saturated heterocycles. The van der Waals surface area contributed by atoms with Crippen LogP contribution in [-0.4, -0.2) is 41.3 Å². The number of nitrogens with zero attached hydrogens (tertiary/aromatic N) is 4. The highest BCUT2D eigenvalue weighted by Crippen LogP contribution is 2.47. The van der Waals surface area contributed by atoms with E-state index >= 15 is 0 Å². The summed E-state index contributed by atoms with van der Waals surface area (Å²) in [6.45, 7) is 5.99. The molecule has 4 rings (SSSR count). The van der Waals surface area contributed by atoms with Crippen LogP contribution >= 0.6 is 0 Å². The second kappa shape index (κ2) is 7.43. The number of ether oxygens (including phenoxy) is 2. The Balaban J connectivity index is 1.60. The third-order valence-corrected chi connectivity index (χ3v) is 6.19. The van der Waals surface area contributed by atoms with Crippen LogP contribution in [-0.2, 0) is 4.74 Å². The minimum Gasteiger partial charge on any atom is -0.437 e. The normalized spacial score (nSPS) is 25.1. The zero-order chi connectivity index (χ0) is 18.9. The number of anilines is 1. The van der Waals surface area contributed by atoms with E-state index in [1.807, 2.05) is 33.1 Å². The van der Waals surface area contributed by atoms with Crippen LogP contribution in [0.2, 0.25) is 0 Å². The van der Waals surface area contributed by atoms with E-state index in [1.54, 1.807) is 12.5 Å². The van der Waals surface area contributed by atoms with Gasteiger partial charge in [-0.25, -0.2) is 9.97 Å². The van der Waals surface area contributed by atoms with Crippen LogP contribution in [0.4, 0.5) is 5.82 Å². The standard InChI is InChI=1S/C21H28N4O2/c1-15-19(23-14-24-20(15)27-17-7-5-11-22-16(17)2)25-12-6-10-21(13-25)9-4-8-18(21)26-3/h5,7,11,14,18H,4,6,8-10,12-13H2,1-3H3/t18-,21+/m1/s1. The Morgan fingerprint density at radius 2 is 2.00 bits per heavy atom. The molecule has 2 aliphatic rings. The Labute approximate surface area is 161 Å². The van der Waals surface area contributed by atoms with Gasteiger partial charge >= 0.3 is 0 Å². The maximum Gasteiger partial charge on any atom is 0.227 e. The summed E-state index contributed by atoms with van der Waals surface area (Å²) in [6.07, 6.45) is 9.80. The summed E-state index contributed by atoms with van der Waals surface area (Å²) in [5.41, 5.74) is 2.08. The molecule has 3 heterocycles. The summed E-state index contributed by atoms with van der Waals surface area (Å²) in [7, 11) is 1.86. The number of hydrogen-bond donors (Lipinski definition) is 0. The highest BCUT2D eigenvalue weighted by Gasteiger charge is 2.46. The van der Waals surface area contributed by atoms with Gasteiger partial charge in [-0.15, -0.1) is 0 Å². The summed E-state index contributed by atoms with van der Waals surface area (Å²) in [6, 6.07) is 3.79. The van der Waals surface area contributed by atoms with Crippen molar-refractivity contribution in [2.45, 2.75) is 52.1 Å². The lowest BCUT2D eigenvalue weighted by molar-refractivity contribution is 0.00213. The zero-order valence-corrected chi connectivity index (χ0v) is 16.4. The molecule has 1 aliphatic carbocycles. The Kier molecular flexibility index (Phi) is 5.00. The average Bonchev–Trinajstić information content (AvgIpc) is 3.06. The molecule has 1 aliphatic heterocycles. The monoisotopic (exact) mass is 368 g/mol. The van der Waals surface area contributed by atoms with Crippen molar-refractivity contribution in [1.82, 2.24) is 15.0 Å². The molecule has 27 heavy (non-hydrogen) atoms. The molecule has 1 spiro atoms. The van der Waals surface area contributed by atoms with Crippen molar-refractivity contribution in [1.29, 1.82) is 0 Å². The highest BCUT2D eigenvalue weighted by molar-refractivity contribution is 5.52. The number of aryl methyl sites for hydroxylation is 1. The SMILES string of the molecule is CO[C@@H]1CCC[C@@]12CCCN(c1ncnc(Oc3cccnc3C)c1C)C2. The first-order valence-corrected chi connectivity index (χ1v) is 9.82. The Morgan fingerprint density at radius 1 is 1.15 bits per heavy atom. The summed E-state index contributed by atoms with van der Waals surface area (Å²) in [5, 5.41) is 0. The van der Waals surface area contributed by atoms with E-state index in [1.165, 1.54) is 32.1 Å². The quantitative estimate of drug-likeness (QED) is 0.811. The smallest absolute Gasteiger partial charge is 0.227 e. The van der Waals surface area contributed by atoms with Gasteiger partial charge in [0.25, 0.3) is 0 Å². The largest absolute Gasteiger partial charge is 0.437 e. The Morgan fingerprint density at radius 3 is 2.81 bits per heavy atom. The van der Waals surface area contributed by atoms with Crippen molar-refractivity contribution in [3.8, 4) is 11.6 Å². The first kappa shape index (κ1) is 18.2. The third-order valence-electron chi connectivity index (χ3n) is 6.19. The van der Waals surface area contributed by atoms with E-state index in [0.717, 1.165) is 35.9 Å². The third kappa shape index (κ3) is 3.38. The summed E-state index contributed by atoms with van der Waals surface area (Å²) in [5.74, 6) is 2.31. The number of pyridine rings is 1. The molecule has 2 atom stereocenters. The minimum atomic E-state index is 0.255. The summed E-state index contributed by atoms with van der Waals surface area (Å²) >= 11 is 0. The molecule has 0 unspecified atom stereocenters. The fourth-order valence-electron chi connectivity index (χ4n) is 4.81. The van der Waals surface area contributed by atoms with Crippen molar-refractivity contribution in [3.63, 3.8) is 0 Å². The van der Waals surface area contributed by atoms with Crippen LogP contribution in [0.5, 0.6) is 11.6 Å². The van der Waals surface area contributed by atoms with Crippen LogP contribution in [0.1, 0.15) is 43.4 Å². The molecule has 0 aromatic carbocycles. The summed E-state index contributed by atoms with van der Waals surface area (Å²) < 4.78 is 11.9. The van der Waals surface area contributed by atoms with Gasteiger partial charge in [0.2, 0.25) is 5.88 Å². The second-order valence-corrected chi connectivity index (χ2v) is 7.82. The molecule has 1 saturated carbocycles. The van der Waals surface area contributed by atoms with Gasteiger partial charge in [0, 0.05) is 31.8 Å². The first-order chi connectivity index (χ1) is 13.1. The van der Waals surface area contributed by atoms with Crippen LogP contribution in [0.25, 0.3) is 0 Å². The van der Waals surface area contributed by atoms with Gasteiger partial charge in [-0.05, 0) is 51.7 Å². The van der Waals surface area contributed by atoms with Crippen molar-refractivity contribution in [3.05, 3.63) is 35.9 Å². The fourth-order valence-corrected chi connectivity index (χ4v) is 4.81. The molecular formula is C21H28N4O2. The molecule has 0 bridgehead atoms. The summed E-state index contributed by atoms with van der Waals surface area (Å²) in [4.78, 5) is 15.7. The topological polar surface area (TPSA) is 60.4 Å². The van der Waals surface area contributed by atoms with Crippen molar-refractivity contribution in [2.24, 2.45) is 5.41 Å². The Bertz CT molecular complexity index is 813. The molecular weight excluding hydrogens is 340 g/mol. The van der Waals surface area contributed by atoms with Crippen molar-refractivity contribution in [2.75, 3.05) is 25.1 Å². The fraction of sp³-hybridized carbons (Fsp3) is 0.571. The van der Waals surface area contributed by atoms with Crippen molar-refractivity contribution >= 4 is 5.82 Å². The van der Waals surface area contributed by atoms with Gasteiger partial charge in [0.1, 0.15) is 12.1 Å². The molecule has 2 aromatic heterocycles. The average molecular weight is 368 g/mol. The zero-order valence-electron chi connectivity index (χ0n) is 16.4. The molecule has 6 heteroatoms. The molecule has 0 amide bonds. The van der Waals surface area contributed by atoms with Gasteiger partial charge in [0.15, 0.2) is 5.75 Å². The van der Waals surface area contributed by atoms with Gasteiger partial charge in [-0.1, -0.05) is 6.42 Å². The van der Waals surface area contributed by atoms with E-state index in [0.29, 0.717) is 12.0 Å². The molecule has 2 fully saturated rings. The van der Waals surface area contributed by atoms with Gasteiger partial charge in [-0.3, -0.25) is 4.98 Å². The molecule has 6 nitrogen and oxygen atoms in total. The first-order valence-electron chi connectivity index (χ1n) is 9.82. The lowest BCUT2D eigenvalue weighted by Gasteiger charge is -2.44. The molecule has 2 aromatic rings. The van der Waals surface area contributed by atoms with Gasteiger partial charge in [0.05, 0.1) is 17.4 Å². The number of rotatable bonds is 4. The van der Waals surface area contributed by atoms with Crippen LogP contribution in [0.3, 0.4) is 0 Å². The Hall–Kier alpha value is -2.21. The van der Waals surface area contributed by atoms with Crippen LogP contribution in [0, 0.1) is 19.3 Å². The molecule has 0 radical (unpaired) electrons. The second-order valence-electron chi connectivity index (χ2n) is 7.82. The minimum absolute atomic E-state index is 0.255. The van der Waals surface area contributed by atoms with E-state index < -0.39 is 0 Å². The van der Waals surface area contributed by atoms with Gasteiger partial charge < -0.3 is 14.4 Å². The molecule has 144 valence electrons. The predicted octanol–water partition coefficient (Wildman–Crippen LogP) is 4.07. The predicted molar refractivity (Wildman–Crippen MR) is 104 cm³/mol. The maximum atomic E-state index is 6.07. The van der Waals surface area contributed by atoms with E-state index in [4.69, 9.17) is 9.47 Å². The van der Waals surface area contributed by atoms with Crippen LogP contribution < -0.4 is 9.64 Å². The van der Waals surface area contributed by atoms with Gasteiger partial charge in [-0.2, -0.15) is 0 Å². The number of methoxy groups -OCH3 is 1. The number of hydrogen-bond acceptors (Lipinski definition) is 6. The molecule has 0 N–H and O–H groups in total. The highest BCUT2D eigenvalue weighted by atomic mass is 16.5. The van der Waals surface area contributed by atoms with E-state index in [-0.39, 0.29) is 5.41 Å². The number of piperidine rings is 1. The van der Waals surface area contributed by atoms with Crippen molar-refractivity contribution < 1.29 is 9.47 Å². The number of aromatic nitrogens is 3. The lowest BCUT2D eigenvalue weighted by Crippen LogP contribution is -2.48. The van der Waals surface area contributed by atoms with Crippen LogP contribution in [0.15, 0.2) is 24.7 Å². The van der Waals surface area contributed by atoms with E-state index in [9.17, 15) is 0 Å². The van der Waals surface area contributed by atoms with E-state index in [2.05, 4.69) is 19.9 Å².